The van der Waals surface area contributed by atoms with Crippen LogP contribution in [0.3, 0.4) is 0 Å². The molecule has 24 heavy (non-hydrogen) atoms. The summed E-state index contributed by atoms with van der Waals surface area (Å²) < 4.78 is 4.17. The molecule has 0 radical (unpaired) electrons. The molecule has 0 aromatic carbocycles. The van der Waals surface area contributed by atoms with E-state index in [1.54, 1.807) is 6.66 Å². The van der Waals surface area contributed by atoms with Gasteiger partial charge in [0.15, 0.2) is 6.10 Å². The van der Waals surface area contributed by atoms with Crippen LogP contribution < -0.4 is 24.0 Å². The number of aliphatic carboxylic acids is 2. The van der Waals surface area contributed by atoms with Gasteiger partial charge in [-0.15, -0.1) is 0 Å². The fourth-order valence-electron chi connectivity index (χ4n) is 0.840. The molecule has 0 aromatic rings. The van der Waals surface area contributed by atoms with Gasteiger partial charge in [-0.3, -0.25) is 4.79 Å². The minimum Gasteiger partial charge on any atom is -0.550 e. The van der Waals surface area contributed by atoms with Crippen molar-refractivity contribution in [2.45, 2.75) is 12.5 Å². The topological polar surface area (TPSA) is 216 Å². The average Bonchev–Trinajstić information content (AvgIpc) is 2.47. The van der Waals surface area contributed by atoms with Crippen molar-refractivity contribution in [1.29, 1.82) is 0 Å². The van der Waals surface area contributed by atoms with Gasteiger partial charge in [0.25, 0.3) is 6.47 Å². The number of hydrogen-bond acceptors (Lipinski definition) is 9. The number of carboxylic acid groups (broad SMARTS) is 2. The van der Waals surface area contributed by atoms with Crippen molar-refractivity contribution >= 4 is 27.2 Å². The third kappa shape index (κ3) is 37.8. The molecular formula is C10H24FeLiO11P. The second-order valence-corrected chi connectivity index (χ2v) is 3.22. The van der Waals surface area contributed by atoms with Crippen LogP contribution >= 0.6 is 8.81 Å². The molecule has 0 spiro atoms. The minimum absolute atomic E-state index is 0. The summed E-state index contributed by atoms with van der Waals surface area (Å²) in [5.41, 5.74) is 0. The van der Waals surface area contributed by atoms with Crippen LogP contribution in [0.2, 0.25) is 0 Å². The number of ether oxygens (including phenoxy) is 1. The number of carbonyl (C=O) groups is 3. The average molecular weight is 414 g/mol. The molecule has 0 aliphatic rings. The minimum atomic E-state index is -1.90. The summed E-state index contributed by atoms with van der Waals surface area (Å²) in [6, 6.07) is 0. The third-order valence-electron chi connectivity index (χ3n) is 1.51. The number of aliphatic hydroxyl groups is 3. The molecule has 0 rings (SSSR count). The summed E-state index contributed by atoms with van der Waals surface area (Å²) in [6.07, 6.45) is -2.59. The van der Waals surface area contributed by atoms with Crippen molar-refractivity contribution < 1.29 is 91.0 Å². The van der Waals surface area contributed by atoms with Crippen LogP contribution in [0.1, 0.15) is 6.42 Å². The standard InChI is InChI=1S/C7H10O7.CH5OP.2CH4O.Fe.Li.H2O/c8-3-14-2-4(1-5(9)10)6(11)7(12)13;1-3-2;2*1-2;;;/h3-4,6,11H,1-2H2,(H,9,10)(H,12,13);2-3H,1H3;2*2H,1H3;;;1H2/q;;;;;+1;/p-1. The van der Waals surface area contributed by atoms with Crippen molar-refractivity contribution in [2.24, 2.45) is 5.92 Å². The molecule has 3 unspecified atom stereocenters. The van der Waals surface area contributed by atoms with E-state index in [1.807, 2.05) is 0 Å². The maximum atomic E-state index is 10.3. The Hall–Kier alpha value is -0.243. The summed E-state index contributed by atoms with van der Waals surface area (Å²) in [4.78, 5) is 37.8. The zero-order chi connectivity index (χ0) is 17.8. The van der Waals surface area contributed by atoms with Crippen molar-refractivity contribution in [3.05, 3.63) is 0 Å². The van der Waals surface area contributed by atoms with Crippen molar-refractivity contribution in [1.82, 2.24) is 0 Å². The summed E-state index contributed by atoms with van der Waals surface area (Å²) >= 11 is 0. The van der Waals surface area contributed by atoms with Gasteiger partial charge in [-0.2, -0.15) is 0 Å². The van der Waals surface area contributed by atoms with Gasteiger partial charge >= 0.3 is 24.8 Å². The molecule has 0 heterocycles. The molecule has 0 aliphatic carbocycles. The zero-order valence-electron chi connectivity index (χ0n) is 13.8. The van der Waals surface area contributed by atoms with Crippen LogP contribution in [-0.4, -0.2) is 82.8 Å². The second-order valence-electron chi connectivity index (χ2n) is 2.77. The van der Waals surface area contributed by atoms with E-state index in [4.69, 9.17) is 25.3 Å². The molecule has 0 bridgehead atoms. The smallest absolute Gasteiger partial charge is 0.550 e. The number of rotatable bonds is 7. The van der Waals surface area contributed by atoms with Crippen LogP contribution in [0.15, 0.2) is 0 Å². The maximum Gasteiger partial charge on any atom is 1.00 e. The van der Waals surface area contributed by atoms with E-state index in [2.05, 4.69) is 4.74 Å². The molecule has 0 fully saturated rings. The molecule has 14 heteroatoms. The predicted octanol–water partition coefficient (Wildman–Crippen LogP) is -7.04. The van der Waals surface area contributed by atoms with E-state index in [1.165, 1.54) is 0 Å². The van der Waals surface area contributed by atoms with Crippen LogP contribution in [-0.2, 0) is 36.2 Å². The van der Waals surface area contributed by atoms with Crippen molar-refractivity contribution in [3.63, 3.8) is 0 Å². The second kappa shape index (κ2) is 38.4. The van der Waals surface area contributed by atoms with Gasteiger partial charge in [0, 0.05) is 52.0 Å². The van der Waals surface area contributed by atoms with E-state index in [9.17, 15) is 19.5 Å². The fourth-order valence-corrected chi connectivity index (χ4v) is 0.840. The molecule has 11 nitrogen and oxygen atoms in total. The normalized spacial score (nSPS) is 9.96. The first-order valence-electron chi connectivity index (χ1n) is 5.26. The summed E-state index contributed by atoms with van der Waals surface area (Å²) in [6.45, 7) is 1.27. The molecule has 7 N–H and O–H groups in total. The first-order valence-corrected chi connectivity index (χ1v) is 6.71. The Kier molecular flexibility index (Phi) is 70.0. The van der Waals surface area contributed by atoms with E-state index < -0.39 is 37.0 Å². The number of carbonyl (C=O) groups excluding carboxylic acids is 2. The zero-order valence-corrected chi connectivity index (χ0v) is 15.9. The van der Waals surface area contributed by atoms with Crippen LogP contribution in [0, 0.1) is 5.92 Å². The molecule has 0 saturated carbocycles. The van der Waals surface area contributed by atoms with Gasteiger partial charge in [-0.05, 0) is 13.1 Å². The summed E-state index contributed by atoms with van der Waals surface area (Å²) in [7, 11) is 2.08. The molecule has 144 valence electrons. The van der Waals surface area contributed by atoms with Crippen LogP contribution in [0.25, 0.3) is 0 Å². The first-order chi connectivity index (χ1) is 9.90. The van der Waals surface area contributed by atoms with Gasteiger partial charge < -0.3 is 45.4 Å². The fraction of sp³-hybridized carbons (Fsp3) is 0.700. The quantitative estimate of drug-likeness (QED) is 0.151. The maximum absolute atomic E-state index is 10.3. The summed E-state index contributed by atoms with van der Waals surface area (Å²) in [5.74, 6) is -4.31. The molecule has 0 aromatic heterocycles. The number of hydrogen-bond donors (Lipinski definition) is 5. The molecule has 0 amide bonds. The Morgan fingerprint density at radius 2 is 1.58 bits per heavy atom. The van der Waals surface area contributed by atoms with E-state index in [0.29, 0.717) is 0 Å². The van der Waals surface area contributed by atoms with Gasteiger partial charge in [0.2, 0.25) is 0 Å². The number of aliphatic hydroxyl groups excluding tert-OH is 3. The SMILES string of the molecule is CO.CO.CPO.O.O=COCC(CC(=O)[O-])C(O)C(=O)O.[Fe].[Li+]. The molecule has 0 aliphatic heterocycles. The van der Waals surface area contributed by atoms with Gasteiger partial charge in [-0.1, -0.05) is 0 Å². The molecule has 3 atom stereocenters. The predicted molar refractivity (Wildman–Crippen MR) is 75.1 cm³/mol. The number of carboxylic acids is 2. The molecular weight excluding hydrogens is 390 g/mol. The van der Waals surface area contributed by atoms with Gasteiger partial charge in [-0.25, -0.2) is 4.79 Å². The van der Waals surface area contributed by atoms with Crippen molar-refractivity contribution in [2.75, 3.05) is 27.5 Å². The van der Waals surface area contributed by atoms with Gasteiger partial charge in [0.1, 0.15) is 0 Å². The van der Waals surface area contributed by atoms with E-state index in [0.717, 1.165) is 14.2 Å². The molecule has 0 saturated heterocycles. The largest absolute Gasteiger partial charge is 1.00 e. The van der Waals surface area contributed by atoms with E-state index >= 15 is 0 Å². The Morgan fingerprint density at radius 1 is 1.25 bits per heavy atom. The Balaban J connectivity index is -0.0000000505. The monoisotopic (exact) mass is 414 g/mol. The van der Waals surface area contributed by atoms with Crippen LogP contribution in [0.4, 0.5) is 0 Å². The van der Waals surface area contributed by atoms with Crippen LogP contribution in [0.5, 0.6) is 0 Å². The third-order valence-corrected chi connectivity index (χ3v) is 1.51. The summed E-state index contributed by atoms with van der Waals surface area (Å²) in [5, 5.41) is 41.5. The van der Waals surface area contributed by atoms with Crippen molar-refractivity contribution in [3.8, 4) is 0 Å². The first kappa shape index (κ1) is 43.8. The Morgan fingerprint density at radius 3 is 1.79 bits per heavy atom. The van der Waals surface area contributed by atoms with Gasteiger partial charge in [0.05, 0.1) is 6.61 Å². The Labute approximate surface area is 164 Å². The van der Waals surface area contributed by atoms with E-state index in [-0.39, 0.29) is 56.7 Å². The Bertz CT molecular complexity index is 261.